The summed E-state index contributed by atoms with van der Waals surface area (Å²) >= 11 is 2.34. The summed E-state index contributed by atoms with van der Waals surface area (Å²) in [4.78, 5) is 0. The Morgan fingerprint density at radius 3 is 2.48 bits per heavy atom. The summed E-state index contributed by atoms with van der Waals surface area (Å²) in [5, 5.41) is 1.29. The Kier molecular flexibility index (Phi) is 4.31. The van der Waals surface area contributed by atoms with Crippen LogP contribution in [0.4, 0.5) is 0 Å². The van der Waals surface area contributed by atoms with E-state index < -0.39 is 0 Å². The number of aromatic nitrogens is 1. The van der Waals surface area contributed by atoms with Crippen molar-refractivity contribution in [2.45, 2.75) is 25.9 Å². The van der Waals surface area contributed by atoms with Gasteiger partial charge in [-0.05, 0) is 76.7 Å². The molecule has 1 heterocycles. The molecule has 2 nitrogen and oxygen atoms in total. The van der Waals surface area contributed by atoms with Crippen LogP contribution in [0.5, 0.6) is 0 Å². The maximum atomic E-state index is 5.91. The fourth-order valence-corrected chi connectivity index (χ4v) is 3.01. The molecule has 0 spiro atoms. The van der Waals surface area contributed by atoms with Crippen molar-refractivity contribution in [3.8, 4) is 0 Å². The SMILES string of the molecule is CC(N)Cc1ccc2ccn(Cc3ccc(I)cc3)c2c1. The van der Waals surface area contributed by atoms with E-state index in [4.69, 9.17) is 5.73 Å². The van der Waals surface area contributed by atoms with Gasteiger partial charge in [0.2, 0.25) is 0 Å². The van der Waals surface area contributed by atoms with E-state index >= 15 is 0 Å². The third-order valence-electron chi connectivity index (χ3n) is 3.66. The predicted octanol–water partition coefficient (Wildman–Crippen LogP) is 4.18. The van der Waals surface area contributed by atoms with Gasteiger partial charge in [0.25, 0.3) is 0 Å². The third kappa shape index (κ3) is 3.47. The van der Waals surface area contributed by atoms with E-state index in [1.165, 1.54) is 25.6 Å². The van der Waals surface area contributed by atoms with Crippen molar-refractivity contribution in [2.24, 2.45) is 5.73 Å². The molecule has 2 aromatic carbocycles. The first kappa shape index (κ1) is 14.6. The fraction of sp³-hybridized carbons (Fsp3) is 0.222. The Bertz CT molecular complexity index is 742. The molecule has 0 aliphatic heterocycles. The second-order valence-electron chi connectivity index (χ2n) is 5.64. The van der Waals surface area contributed by atoms with E-state index in [0.717, 1.165) is 13.0 Å². The highest BCUT2D eigenvalue weighted by atomic mass is 127. The van der Waals surface area contributed by atoms with Gasteiger partial charge in [-0.15, -0.1) is 0 Å². The van der Waals surface area contributed by atoms with Gasteiger partial charge in [-0.1, -0.05) is 24.3 Å². The van der Waals surface area contributed by atoms with E-state index in [0.29, 0.717) is 0 Å². The molecular weight excluding hydrogens is 371 g/mol. The van der Waals surface area contributed by atoms with Crippen LogP contribution in [0.1, 0.15) is 18.1 Å². The van der Waals surface area contributed by atoms with Crippen molar-refractivity contribution >= 4 is 33.5 Å². The molecule has 1 atom stereocenters. The Morgan fingerprint density at radius 2 is 1.76 bits per heavy atom. The number of hydrogen-bond donors (Lipinski definition) is 1. The molecule has 1 aromatic heterocycles. The lowest BCUT2D eigenvalue weighted by Gasteiger charge is -2.09. The highest BCUT2D eigenvalue weighted by molar-refractivity contribution is 14.1. The van der Waals surface area contributed by atoms with Crippen molar-refractivity contribution in [1.82, 2.24) is 4.57 Å². The molecule has 2 N–H and O–H groups in total. The van der Waals surface area contributed by atoms with Gasteiger partial charge in [-0.25, -0.2) is 0 Å². The zero-order valence-electron chi connectivity index (χ0n) is 12.1. The number of hydrogen-bond acceptors (Lipinski definition) is 1. The number of nitrogens with zero attached hydrogens (tertiary/aromatic N) is 1. The average Bonchev–Trinajstić information content (AvgIpc) is 2.83. The third-order valence-corrected chi connectivity index (χ3v) is 4.38. The minimum Gasteiger partial charge on any atom is -0.343 e. The Hall–Kier alpha value is -1.33. The lowest BCUT2D eigenvalue weighted by Crippen LogP contribution is -2.17. The molecule has 0 bridgehead atoms. The van der Waals surface area contributed by atoms with Crippen LogP contribution < -0.4 is 5.73 Å². The van der Waals surface area contributed by atoms with Gasteiger partial charge in [0.15, 0.2) is 0 Å². The van der Waals surface area contributed by atoms with Crippen molar-refractivity contribution < 1.29 is 0 Å². The molecule has 3 aromatic rings. The van der Waals surface area contributed by atoms with E-state index in [9.17, 15) is 0 Å². The number of fused-ring (bicyclic) bond motifs is 1. The largest absolute Gasteiger partial charge is 0.343 e. The number of halogens is 1. The summed E-state index contributed by atoms with van der Waals surface area (Å²) in [7, 11) is 0. The molecule has 0 saturated carbocycles. The zero-order chi connectivity index (χ0) is 14.8. The first-order valence-corrected chi connectivity index (χ1v) is 8.27. The lowest BCUT2D eigenvalue weighted by atomic mass is 10.1. The monoisotopic (exact) mass is 390 g/mol. The van der Waals surface area contributed by atoms with Gasteiger partial charge in [0, 0.05) is 27.9 Å². The van der Waals surface area contributed by atoms with Gasteiger partial charge in [0.1, 0.15) is 0 Å². The Labute approximate surface area is 139 Å². The quantitative estimate of drug-likeness (QED) is 0.666. The summed E-state index contributed by atoms with van der Waals surface area (Å²) in [5.74, 6) is 0. The minimum absolute atomic E-state index is 0.196. The van der Waals surface area contributed by atoms with E-state index in [1.807, 2.05) is 0 Å². The van der Waals surface area contributed by atoms with Crippen LogP contribution in [-0.2, 0) is 13.0 Å². The Morgan fingerprint density at radius 1 is 1.05 bits per heavy atom. The normalized spacial score (nSPS) is 12.7. The maximum Gasteiger partial charge on any atom is 0.0486 e. The number of benzene rings is 2. The molecule has 21 heavy (non-hydrogen) atoms. The zero-order valence-corrected chi connectivity index (χ0v) is 14.2. The summed E-state index contributed by atoms with van der Waals surface area (Å²) < 4.78 is 3.58. The molecular formula is C18H19IN2. The molecule has 3 heteroatoms. The molecule has 0 radical (unpaired) electrons. The molecule has 108 valence electrons. The van der Waals surface area contributed by atoms with Gasteiger partial charge < -0.3 is 10.3 Å². The van der Waals surface area contributed by atoms with Crippen molar-refractivity contribution in [1.29, 1.82) is 0 Å². The molecule has 0 aliphatic rings. The minimum atomic E-state index is 0.196. The van der Waals surface area contributed by atoms with Gasteiger partial charge >= 0.3 is 0 Å². The summed E-state index contributed by atoms with van der Waals surface area (Å²) in [5.41, 5.74) is 9.83. The number of rotatable bonds is 4. The predicted molar refractivity (Wildman–Crippen MR) is 97.6 cm³/mol. The van der Waals surface area contributed by atoms with Gasteiger partial charge in [-0.3, -0.25) is 0 Å². The Balaban J connectivity index is 1.92. The van der Waals surface area contributed by atoms with Gasteiger partial charge in [0.05, 0.1) is 0 Å². The molecule has 0 aliphatic carbocycles. The molecule has 0 saturated heterocycles. The van der Waals surface area contributed by atoms with Crippen LogP contribution in [0.25, 0.3) is 10.9 Å². The van der Waals surface area contributed by atoms with Crippen LogP contribution >= 0.6 is 22.6 Å². The van der Waals surface area contributed by atoms with E-state index in [-0.39, 0.29) is 6.04 Å². The van der Waals surface area contributed by atoms with Crippen molar-refractivity contribution in [2.75, 3.05) is 0 Å². The summed E-state index contributed by atoms with van der Waals surface area (Å²) in [6.07, 6.45) is 3.09. The average molecular weight is 390 g/mol. The summed E-state index contributed by atoms with van der Waals surface area (Å²) in [6.45, 7) is 2.96. The molecule has 1 unspecified atom stereocenters. The van der Waals surface area contributed by atoms with Crippen LogP contribution in [0.15, 0.2) is 54.7 Å². The van der Waals surface area contributed by atoms with Crippen molar-refractivity contribution in [3.05, 3.63) is 69.4 Å². The first-order valence-electron chi connectivity index (χ1n) is 7.19. The fourth-order valence-electron chi connectivity index (χ4n) is 2.65. The second kappa shape index (κ2) is 6.20. The van der Waals surface area contributed by atoms with Crippen LogP contribution in [0.3, 0.4) is 0 Å². The number of nitrogens with two attached hydrogens (primary N) is 1. The van der Waals surface area contributed by atoms with Crippen LogP contribution in [-0.4, -0.2) is 10.6 Å². The lowest BCUT2D eigenvalue weighted by molar-refractivity contribution is 0.738. The molecule has 0 fully saturated rings. The summed E-state index contributed by atoms with van der Waals surface area (Å²) in [6, 6.07) is 17.7. The van der Waals surface area contributed by atoms with Gasteiger partial charge in [-0.2, -0.15) is 0 Å². The first-order chi connectivity index (χ1) is 10.1. The van der Waals surface area contributed by atoms with E-state index in [2.05, 4.69) is 88.8 Å². The topological polar surface area (TPSA) is 30.9 Å². The van der Waals surface area contributed by atoms with E-state index in [1.54, 1.807) is 0 Å². The molecule has 3 rings (SSSR count). The highest BCUT2D eigenvalue weighted by Gasteiger charge is 2.05. The molecule has 0 amide bonds. The smallest absolute Gasteiger partial charge is 0.0486 e. The standard InChI is InChI=1S/C18H19IN2/c1-13(20)10-15-2-5-16-8-9-21(18(16)11-15)12-14-3-6-17(19)7-4-14/h2-9,11,13H,10,12,20H2,1H3. The van der Waals surface area contributed by atoms with Crippen LogP contribution in [0.2, 0.25) is 0 Å². The highest BCUT2D eigenvalue weighted by Crippen LogP contribution is 2.20. The van der Waals surface area contributed by atoms with Crippen molar-refractivity contribution in [3.63, 3.8) is 0 Å². The second-order valence-corrected chi connectivity index (χ2v) is 6.89. The maximum absolute atomic E-state index is 5.91. The van der Waals surface area contributed by atoms with Crippen LogP contribution in [0, 0.1) is 3.57 Å².